The number of ether oxygens (including phenoxy) is 1. The van der Waals surface area contributed by atoms with Crippen LogP contribution in [0.1, 0.15) is 10.4 Å². The van der Waals surface area contributed by atoms with E-state index in [1.54, 1.807) is 5.38 Å². The van der Waals surface area contributed by atoms with Crippen molar-refractivity contribution in [2.24, 2.45) is 0 Å². The minimum atomic E-state index is -0.524. The predicted molar refractivity (Wildman–Crippen MR) is 70.5 cm³/mol. The van der Waals surface area contributed by atoms with Crippen molar-refractivity contribution in [3.8, 4) is 11.1 Å². The molecular weight excluding hydrogens is 277 g/mol. The molecule has 18 heavy (non-hydrogen) atoms. The zero-order chi connectivity index (χ0) is 13.3. The highest BCUT2D eigenvalue weighted by Crippen LogP contribution is 2.35. The minimum absolute atomic E-state index is 0.00640. The van der Waals surface area contributed by atoms with Crippen molar-refractivity contribution in [3.05, 3.63) is 40.0 Å². The average molecular weight is 286 g/mol. The first-order valence-corrected chi connectivity index (χ1v) is 6.21. The van der Waals surface area contributed by atoms with Crippen LogP contribution in [0.3, 0.4) is 0 Å². The van der Waals surface area contributed by atoms with Gasteiger partial charge in [-0.05, 0) is 17.7 Å². The highest BCUT2D eigenvalue weighted by Gasteiger charge is 2.19. The number of carbonyl (C=O) groups is 1. The Labute approximate surface area is 112 Å². The zero-order valence-electron chi connectivity index (χ0n) is 9.37. The third kappa shape index (κ3) is 2.19. The Morgan fingerprint density at radius 2 is 2.22 bits per heavy atom. The summed E-state index contributed by atoms with van der Waals surface area (Å²) >= 11 is 6.94. The molecule has 0 aliphatic heterocycles. The highest BCUT2D eigenvalue weighted by atomic mass is 35.5. The summed E-state index contributed by atoms with van der Waals surface area (Å²) < 4.78 is 17.8. The average Bonchev–Trinajstić information content (AvgIpc) is 2.74. The van der Waals surface area contributed by atoms with E-state index in [0.29, 0.717) is 16.1 Å². The van der Waals surface area contributed by atoms with Gasteiger partial charge in [0, 0.05) is 10.9 Å². The fourth-order valence-electron chi connectivity index (χ4n) is 1.56. The monoisotopic (exact) mass is 285 g/mol. The van der Waals surface area contributed by atoms with E-state index in [-0.39, 0.29) is 10.6 Å². The topological polar surface area (TPSA) is 52.3 Å². The molecule has 0 radical (unpaired) electrons. The molecule has 1 heterocycles. The van der Waals surface area contributed by atoms with Gasteiger partial charge >= 0.3 is 5.97 Å². The normalized spacial score (nSPS) is 10.4. The molecule has 94 valence electrons. The first kappa shape index (κ1) is 12.9. The number of rotatable bonds is 2. The molecule has 2 aromatic rings. The Hall–Kier alpha value is -1.59. The van der Waals surface area contributed by atoms with Crippen LogP contribution in [0, 0.1) is 5.82 Å². The Kier molecular flexibility index (Phi) is 3.54. The SMILES string of the molecule is COC(=O)c1c(-c2ccc(F)c(Cl)c2)csc1N. The van der Waals surface area contributed by atoms with Crippen molar-refractivity contribution >= 4 is 33.9 Å². The largest absolute Gasteiger partial charge is 0.465 e. The lowest BCUT2D eigenvalue weighted by atomic mass is 10.0. The van der Waals surface area contributed by atoms with Crippen molar-refractivity contribution in [1.29, 1.82) is 0 Å². The van der Waals surface area contributed by atoms with E-state index in [9.17, 15) is 9.18 Å². The number of halogens is 2. The van der Waals surface area contributed by atoms with E-state index in [1.807, 2.05) is 0 Å². The minimum Gasteiger partial charge on any atom is -0.465 e. The second-order valence-electron chi connectivity index (χ2n) is 3.51. The van der Waals surface area contributed by atoms with E-state index in [2.05, 4.69) is 4.74 Å². The van der Waals surface area contributed by atoms with Gasteiger partial charge in [0.15, 0.2) is 0 Å². The Morgan fingerprint density at radius 3 is 2.83 bits per heavy atom. The summed E-state index contributed by atoms with van der Waals surface area (Å²) in [5.41, 5.74) is 7.23. The highest BCUT2D eigenvalue weighted by molar-refractivity contribution is 7.14. The number of anilines is 1. The maximum atomic E-state index is 13.1. The molecule has 0 unspecified atom stereocenters. The van der Waals surface area contributed by atoms with Crippen LogP contribution in [0.5, 0.6) is 0 Å². The molecule has 0 amide bonds. The third-order valence-corrected chi connectivity index (χ3v) is 3.54. The number of esters is 1. The molecule has 0 aliphatic rings. The van der Waals surface area contributed by atoms with E-state index in [4.69, 9.17) is 17.3 Å². The van der Waals surface area contributed by atoms with Crippen molar-refractivity contribution in [2.45, 2.75) is 0 Å². The maximum Gasteiger partial charge on any atom is 0.341 e. The van der Waals surface area contributed by atoms with E-state index >= 15 is 0 Å². The summed E-state index contributed by atoms with van der Waals surface area (Å²) in [6.07, 6.45) is 0. The van der Waals surface area contributed by atoms with Crippen LogP contribution in [0.25, 0.3) is 11.1 Å². The number of methoxy groups -OCH3 is 1. The molecule has 0 spiro atoms. The summed E-state index contributed by atoms with van der Waals surface area (Å²) in [4.78, 5) is 11.6. The lowest BCUT2D eigenvalue weighted by Gasteiger charge is -2.05. The van der Waals surface area contributed by atoms with Gasteiger partial charge in [0.2, 0.25) is 0 Å². The molecule has 0 bridgehead atoms. The lowest BCUT2D eigenvalue weighted by molar-refractivity contribution is 0.0603. The van der Waals surface area contributed by atoms with Crippen molar-refractivity contribution in [3.63, 3.8) is 0 Å². The molecule has 0 fully saturated rings. The van der Waals surface area contributed by atoms with E-state index < -0.39 is 11.8 Å². The lowest BCUT2D eigenvalue weighted by Crippen LogP contribution is -2.04. The standard InChI is InChI=1S/C12H9ClFNO2S/c1-17-12(16)10-7(5-18-11(10)15)6-2-3-9(14)8(13)4-6/h2-5H,15H2,1H3. The molecule has 2 N–H and O–H groups in total. The van der Waals surface area contributed by atoms with Gasteiger partial charge < -0.3 is 10.5 Å². The van der Waals surface area contributed by atoms with E-state index in [0.717, 1.165) is 0 Å². The number of thiophene rings is 1. The summed E-state index contributed by atoms with van der Waals surface area (Å²) in [6, 6.07) is 4.23. The van der Waals surface area contributed by atoms with Gasteiger partial charge in [-0.15, -0.1) is 11.3 Å². The van der Waals surface area contributed by atoms with Gasteiger partial charge in [-0.3, -0.25) is 0 Å². The Balaban J connectivity index is 2.57. The van der Waals surface area contributed by atoms with Crippen LogP contribution in [0.15, 0.2) is 23.6 Å². The van der Waals surface area contributed by atoms with Gasteiger partial charge in [0.25, 0.3) is 0 Å². The predicted octanol–water partition coefficient (Wildman–Crippen LogP) is 3.58. The number of benzene rings is 1. The van der Waals surface area contributed by atoms with Gasteiger partial charge in [0.05, 0.1) is 12.1 Å². The molecule has 3 nitrogen and oxygen atoms in total. The van der Waals surface area contributed by atoms with Gasteiger partial charge in [-0.1, -0.05) is 17.7 Å². The van der Waals surface area contributed by atoms with Gasteiger partial charge in [-0.25, -0.2) is 9.18 Å². The van der Waals surface area contributed by atoms with Crippen molar-refractivity contribution in [2.75, 3.05) is 12.8 Å². The molecule has 1 aromatic carbocycles. The molecule has 0 atom stereocenters. The summed E-state index contributed by atoms with van der Waals surface area (Å²) in [6.45, 7) is 0. The molecular formula is C12H9ClFNO2S. The number of hydrogen-bond donors (Lipinski definition) is 1. The second-order valence-corrected chi connectivity index (χ2v) is 4.83. The number of carbonyl (C=O) groups excluding carboxylic acids is 1. The zero-order valence-corrected chi connectivity index (χ0v) is 10.9. The van der Waals surface area contributed by atoms with Gasteiger partial charge in [-0.2, -0.15) is 0 Å². The maximum absolute atomic E-state index is 13.1. The fourth-order valence-corrected chi connectivity index (χ4v) is 2.55. The fraction of sp³-hybridized carbons (Fsp3) is 0.0833. The van der Waals surface area contributed by atoms with Crippen LogP contribution in [0.4, 0.5) is 9.39 Å². The Bertz CT molecular complexity index is 612. The first-order chi connectivity index (χ1) is 8.54. The summed E-state index contributed by atoms with van der Waals surface area (Å²) in [7, 11) is 1.28. The van der Waals surface area contributed by atoms with Crippen molar-refractivity contribution < 1.29 is 13.9 Å². The first-order valence-electron chi connectivity index (χ1n) is 4.95. The van der Waals surface area contributed by atoms with Crippen molar-refractivity contribution in [1.82, 2.24) is 0 Å². The molecule has 0 aliphatic carbocycles. The van der Waals surface area contributed by atoms with E-state index in [1.165, 1.54) is 36.6 Å². The molecule has 0 saturated carbocycles. The van der Waals surface area contributed by atoms with Crippen LogP contribution < -0.4 is 5.73 Å². The number of hydrogen-bond acceptors (Lipinski definition) is 4. The Morgan fingerprint density at radius 1 is 1.50 bits per heavy atom. The quantitative estimate of drug-likeness (QED) is 0.858. The molecule has 0 saturated heterocycles. The van der Waals surface area contributed by atoms with Gasteiger partial charge in [0.1, 0.15) is 16.4 Å². The smallest absolute Gasteiger partial charge is 0.341 e. The van der Waals surface area contributed by atoms with Crippen LogP contribution in [-0.2, 0) is 4.74 Å². The number of nitrogen functional groups attached to an aromatic ring is 1. The van der Waals surface area contributed by atoms with Crippen LogP contribution in [0.2, 0.25) is 5.02 Å². The van der Waals surface area contributed by atoms with Crippen LogP contribution in [-0.4, -0.2) is 13.1 Å². The molecule has 1 aromatic heterocycles. The molecule has 6 heteroatoms. The molecule has 2 rings (SSSR count). The number of nitrogens with two attached hydrogens (primary N) is 1. The summed E-state index contributed by atoms with van der Waals surface area (Å²) in [5.74, 6) is -1.03. The second kappa shape index (κ2) is 4.96. The third-order valence-electron chi connectivity index (χ3n) is 2.44. The summed E-state index contributed by atoms with van der Waals surface area (Å²) in [5, 5.41) is 2.07. The van der Waals surface area contributed by atoms with Crippen LogP contribution >= 0.6 is 22.9 Å².